The average molecular weight is 292 g/mol. The van der Waals surface area contributed by atoms with Crippen molar-refractivity contribution in [3.8, 4) is 5.13 Å². The maximum absolute atomic E-state index is 11.7. The topological polar surface area (TPSA) is 83.0 Å². The zero-order valence-electron chi connectivity index (χ0n) is 11.4. The molecule has 0 amide bonds. The van der Waals surface area contributed by atoms with E-state index in [1.165, 1.54) is 31.3 Å². The van der Waals surface area contributed by atoms with E-state index in [0.29, 0.717) is 18.2 Å². The summed E-state index contributed by atoms with van der Waals surface area (Å²) < 4.78 is 6.46. The van der Waals surface area contributed by atoms with Gasteiger partial charge in [-0.2, -0.15) is 0 Å². The number of anilines is 1. The molecule has 20 heavy (non-hydrogen) atoms. The number of methoxy groups -OCH3 is 1. The molecule has 1 aliphatic rings. The van der Waals surface area contributed by atoms with E-state index in [1.54, 1.807) is 4.57 Å². The van der Waals surface area contributed by atoms with Gasteiger partial charge in [0.2, 0.25) is 0 Å². The molecule has 0 spiro atoms. The normalized spacial score (nSPS) is 14.5. The third kappa shape index (κ3) is 2.07. The van der Waals surface area contributed by atoms with E-state index < -0.39 is 5.97 Å². The van der Waals surface area contributed by atoms with Gasteiger partial charge in [-0.3, -0.25) is 4.57 Å². The van der Waals surface area contributed by atoms with E-state index in [0.717, 1.165) is 16.6 Å². The van der Waals surface area contributed by atoms with Crippen molar-refractivity contribution in [2.45, 2.75) is 32.1 Å². The van der Waals surface area contributed by atoms with Crippen molar-refractivity contribution in [1.82, 2.24) is 14.5 Å². The maximum atomic E-state index is 11.7. The number of aryl methyl sites for hydroxylation is 1. The highest BCUT2D eigenvalue weighted by Crippen LogP contribution is 2.41. The first-order chi connectivity index (χ1) is 9.65. The summed E-state index contributed by atoms with van der Waals surface area (Å²) in [7, 11) is 1.32. The van der Waals surface area contributed by atoms with Gasteiger partial charge in [0.1, 0.15) is 11.6 Å². The van der Waals surface area contributed by atoms with Crippen molar-refractivity contribution < 1.29 is 9.53 Å². The number of esters is 1. The van der Waals surface area contributed by atoms with Crippen LogP contribution in [0.4, 0.5) is 5.82 Å². The summed E-state index contributed by atoms with van der Waals surface area (Å²) >= 11 is 1.53. The number of nitrogens with zero attached hydrogens (tertiary/aromatic N) is 3. The molecule has 0 atom stereocenters. The molecule has 1 fully saturated rings. The lowest BCUT2D eigenvalue weighted by Crippen LogP contribution is -2.08. The second-order valence-corrected chi connectivity index (χ2v) is 5.61. The van der Waals surface area contributed by atoms with Gasteiger partial charge in [-0.25, -0.2) is 14.8 Å². The molecule has 1 saturated carbocycles. The quantitative estimate of drug-likeness (QED) is 0.873. The highest BCUT2D eigenvalue weighted by Gasteiger charge is 2.28. The van der Waals surface area contributed by atoms with E-state index in [4.69, 9.17) is 10.5 Å². The molecular weight excluding hydrogens is 276 g/mol. The summed E-state index contributed by atoms with van der Waals surface area (Å²) in [4.78, 5) is 20.6. The lowest BCUT2D eigenvalue weighted by molar-refractivity contribution is 0.0596. The number of hydrogen-bond acceptors (Lipinski definition) is 6. The zero-order chi connectivity index (χ0) is 14.3. The molecule has 2 aromatic rings. The molecule has 2 N–H and O–H groups in total. The van der Waals surface area contributed by atoms with Crippen LogP contribution in [0.2, 0.25) is 0 Å². The van der Waals surface area contributed by atoms with E-state index in [1.807, 2.05) is 6.92 Å². The molecule has 0 aliphatic heterocycles. The number of imidazole rings is 1. The van der Waals surface area contributed by atoms with Crippen molar-refractivity contribution in [2.75, 3.05) is 12.8 Å². The monoisotopic (exact) mass is 292 g/mol. The van der Waals surface area contributed by atoms with Gasteiger partial charge in [0.25, 0.3) is 0 Å². The number of nitrogen functional groups attached to an aromatic ring is 1. The molecule has 1 aliphatic carbocycles. The maximum Gasteiger partial charge on any atom is 0.360 e. The zero-order valence-corrected chi connectivity index (χ0v) is 12.2. The fourth-order valence-corrected chi connectivity index (χ4v) is 3.06. The fraction of sp³-hybridized carbons (Fsp3) is 0.462. The van der Waals surface area contributed by atoms with Crippen LogP contribution < -0.4 is 5.73 Å². The van der Waals surface area contributed by atoms with Gasteiger partial charge in [-0.15, -0.1) is 11.3 Å². The van der Waals surface area contributed by atoms with Crippen molar-refractivity contribution in [3.05, 3.63) is 22.6 Å². The number of aromatic nitrogens is 3. The van der Waals surface area contributed by atoms with Crippen LogP contribution in [0.5, 0.6) is 0 Å². The Morgan fingerprint density at radius 3 is 2.90 bits per heavy atom. The van der Waals surface area contributed by atoms with Gasteiger partial charge in [-0.1, -0.05) is 6.92 Å². The number of rotatable bonds is 4. The molecule has 0 aromatic carbocycles. The molecule has 106 valence electrons. The predicted molar refractivity (Wildman–Crippen MR) is 76.3 cm³/mol. The number of thiazole rings is 1. The highest BCUT2D eigenvalue weighted by atomic mass is 32.1. The van der Waals surface area contributed by atoms with Crippen molar-refractivity contribution in [1.29, 1.82) is 0 Å². The fourth-order valence-electron chi connectivity index (χ4n) is 2.12. The summed E-state index contributed by atoms with van der Waals surface area (Å²) in [6, 6.07) is 0. The minimum atomic E-state index is -0.519. The molecule has 0 unspecified atom stereocenters. The number of ether oxygens (including phenoxy) is 1. The van der Waals surface area contributed by atoms with Crippen LogP contribution >= 0.6 is 11.3 Å². The largest absolute Gasteiger partial charge is 0.464 e. The van der Waals surface area contributed by atoms with Gasteiger partial charge in [-0.05, 0) is 12.8 Å². The lowest BCUT2D eigenvalue weighted by Gasteiger charge is -2.04. The molecule has 0 saturated heterocycles. The van der Waals surface area contributed by atoms with E-state index >= 15 is 0 Å². The third-order valence-electron chi connectivity index (χ3n) is 3.37. The van der Waals surface area contributed by atoms with Crippen LogP contribution in [-0.4, -0.2) is 27.6 Å². The highest BCUT2D eigenvalue weighted by molar-refractivity contribution is 7.12. The number of hydrogen-bond donors (Lipinski definition) is 1. The first kappa shape index (κ1) is 13.1. The lowest BCUT2D eigenvalue weighted by atomic mass is 10.3. The third-order valence-corrected chi connectivity index (χ3v) is 4.22. The molecule has 0 bridgehead atoms. The number of carbonyl (C=O) groups excluding carboxylic acids is 1. The Morgan fingerprint density at radius 2 is 2.30 bits per heavy atom. The Balaban J connectivity index is 2.06. The predicted octanol–water partition coefficient (Wildman–Crippen LogP) is 2.14. The van der Waals surface area contributed by atoms with Gasteiger partial charge in [0.05, 0.1) is 12.8 Å². The Labute approximate surface area is 120 Å². The first-order valence-electron chi connectivity index (χ1n) is 6.56. The van der Waals surface area contributed by atoms with Gasteiger partial charge >= 0.3 is 5.97 Å². The van der Waals surface area contributed by atoms with Crippen LogP contribution in [-0.2, 0) is 11.2 Å². The van der Waals surface area contributed by atoms with Crippen LogP contribution in [0.3, 0.4) is 0 Å². The molecular formula is C13H16N4O2S. The second kappa shape index (κ2) is 4.90. The summed E-state index contributed by atoms with van der Waals surface area (Å²) in [6.07, 6.45) is 3.08. The summed E-state index contributed by atoms with van der Waals surface area (Å²) in [6.45, 7) is 1.97. The number of nitrogens with two attached hydrogens (primary N) is 1. The van der Waals surface area contributed by atoms with E-state index in [2.05, 4.69) is 15.3 Å². The van der Waals surface area contributed by atoms with E-state index in [-0.39, 0.29) is 5.69 Å². The van der Waals surface area contributed by atoms with Crippen LogP contribution in [0, 0.1) is 0 Å². The Morgan fingerprint density at radius 1 is 1.55 bits per heavy atom. The summed E-state index contributed by atoms with van der Waals surface area (Å²) in [5.41, 5.74) is 7.33. The van der Waals surface area contributed by atoms with Crippen LogP contribution in [0.25, 0.3) is 5.13 Å². The number of carbonyl (C=O) groups is 1. The second-order valence-electron chi connectivity index (χ2n) is 4.77. The minimum Gasteiger partial charge on any atom is -0.464 e. The Kier molecular flexibility index (Phi) is 3.21. The molecule has 6 nitrogen and oxygen atoms in total. The smallest absolute Gasteiger partial charge is 0.360 e. The first-order valence-corrected chi connectivity index (χ1v) is 7.44. The SMILES string of the molecule is CCc1nc(C(=O)OC)c(N)n1-c1nc(C2CC2)cs1. The molecule has 7 heteroatoms. The van der Waals surface area contributed by atoms with Crippen molar-refractivity contribution in [3.63, 3.8) is 0 Å². The molecule has 0 radical (unpaired) electrons. The van der Waals surface area contributed by atoms with Gasteiger partial charge in [0, 0.05) is 17.7 Å². The van der Waals surface area contributed by atoms with Crippen molar-refractivity contribution in [2.24, 2.45) is 0 Å². The summed E-state index contributed by atoms with van der Waals surface area (Å²) in [5, 5.41) is 2.83. The average Bonchev–Trinajstić information content (AvgIpc) is 3.10. The Bertz CT molecular complexity index is 657. The summed E-state index contributed by atoms with van der Waals surface area (Å²) in [5.74, 6) is 1.09. The Hall–Kier alpha value is -1.89. The van der Waals surface area contributed by atoms with Crippen LogP contribution in [0.15, 0.2) is 5.38 Å². The molecule has 3 rings (SSSR count). The van der Waals surface area contributed by atoms with E-state index in [9.17, 15) is 4.79 Å². The van der Waals surface area contributed by atoms with Crippen LogP contribution in [0.1, 0.15) is 47.7 Å². The van der Waals surface area contributed by atoms with Gasteiger partial charge in [0.15, 0.2) is 10.8 Å². The van der Waals surface area contributed by atoms with Crippen molar-refractivity contribution >= 4 is 23.1 Å². The minimum absolute atomic E-state index is 0.160. The molecule has 2 heterocycles. The van der Waals surface area contributed by atoms with Gasteiger partial charge < -0.3 is 10.5 Å². The molecule has 2 aromatic heterocycles. The standard InChI is InChI=1S/C13H16N4O2S/c1-3-9-16-10(12(18)19-2)11(14)17(9)13-15-8(6-20-13)7-4-5-7/h6-7H,3-5,14H2,1-2H3.